The van der Waals surface area contributed by atoms with E-state index in [0.29, 0.717) is 0 Å². The highest BCUT2D eigenvalue weighted by Crippen LogP contribution is 2.30. The minimum Gasteiger partial charge on any atom is -0.378 e. The van der Waals surface area contributed by atoms with Gasteiger partial charge < -0.3 is 15.5 Å². The van der Waals surface area contributed by atoms with Crippen LogP contribution in [0.2, 0.25) is 0 Å². The van der Waals surface area contributed by atoms with Crippen molar-refractivity contribution >= 4 is 17.3 Å². The van der Waals surface area contributed by atoms with Crippen LogP contribution < -0.4 is 15.5 Å². The second kappa shape index (κ2) is 5.83. The standard InChI is InChI=1S/C16H25N3O/c1-12-11-13(19(3)4)5-6-14(12)18-15(20)16(2)7-9-17-10-8-16/h5-6,11,17H,7-10H2,1-4H3,(H,18,20). The number of carbonyl (C=O) groups is 1. The molecule has 0 radical (unpaired) electrons. The molecule has 0 saturated carbocycles. The Bertz CT molecular complexity index is 490. The molecule has 1 aliphatic rings. The van der Waals surface area contributed by atoms with Crippen LogP contribution in [0, 0.1) is 12.3 Å². The van der Waals surface area contributed by atoms with Gasteiger partial charge in [-0.2, -0.15) is 0 Å². The van der Waals surface area contributed by atoms with E-state index in [-0.39, 0.29) is 11.3 Å². The highest BCUT2D eigenvalue weighted by atomic mass is 16.2. The zero-order chi connectivity index (χ0) is 14.8. The summed E-state index contributed by atoms with van der Waals surface area (Å²) >= 11 is 0. The first-order chi connectivity index (χ1) is 9.42. The van der Waals surface area contributed by atoms with Crippen LogP contribution in [0.1, 0.15) is 25.3 Å². The lowest BCUT2D eigenvalue weighted by atomic mass is 9.80. The van der Waals surface area contributed by atoms with Gasteiger partial charge in [0, 0.05) is 30.9 Å². The molecule has 0 spiro atoms. The monoisotopic (exact) mass is 275 g/mol. The van der Waals surface area contributed by atoms with E-state index < -0.39 is 0 Å². The molecule has 1 fully saturated rings. The zero-order valence-electron chi connectivity index (χ0n) is 12.9. The molecule has 2 N–H and O–H groups in total. The van der Waals surface area contributed by atoms with Gasteiger partial charge in [0.1, 0.15) is 0 Å². The van der Waals surface area contributed by atoms with E-state index in [1.807, 2.05) is 33.2 Å². The summed E-state index contributed by atoms with van der Waals surface area (Å²) in [6.45, 7) is 5.94. The minimum atomic E-state index is -0.252. The highest BCUT2D eigenvalue weighted by Gasteiger charge is 2.34. The van der Waals surface area contributed by atoms with Crippen molar-refractivity contribution < 1.29 is 4.79 Å². The minimum absolute atomic E-state index is 0.139. The molecule has 1 saturated heterocycles. The average Bonchev–Trinajstić information content (AvgIpc) is 2.41. The van der Waals surface area contributed by atoms with E-state index >= 15 is 0 Å². The van der Waals surface area contributed by atoms with Gasteiger partial charge in [-0.25, -0.2) is 0 Å². The molecule has 0 unspecified atom stereocenters. The lowest BCUT2D eigenvalue weighted by molar-refractivity contribution is -0.126. The van der Waals surface area contributed by atoms with Crippen LogP contribution in [0.5, 0.6) is 0 Å². The molecule has 1 aliphatic heterocycles. The first-order valence-corrected chi connectivity index (χ1v) is 7.22. The lowest BCUT2D eigenvalue weighted by Gasteiger charge is -2.32. The van der Waals surface area contributed by atoms with Gasteiger partial charge in [0.2, 0.25) is 5.91 Å². The predicted octanol–water partition coefficient (Wildman–Crippen LogP) is 2.39. The maximum atomic E-state index is 12.5. The first-order valence-electron chi connectivity index (χ1n) is 7.22. The van der Waals surface area contributed by atoms with Gasteiger partial charge >= 0.3 is 0 Å². The number of carbonyl (C=O) groups excluding carboxylic acids is 1. The fourth-order valence-corrected chi connectivity index (χ4v) is 2.55. The molecule has 4 nitrogen and oxygen atoms in total. The first kappa shape index (κ1) is 14.9. The van der Waals surface area contributed by atoms with Crippen molar-refractivity contribution in [3.8, 4) is 0 Å². The number of nitrogens with one attached hydrogen (secondary N) is 2. The van der Waals surface area contributed by atoms with Crippen LogP contribution in [0.4, 0.5) is 11.4 Å². The van der Waals surface area contributed by atoms with Gasteiger partial charge in [0.25, 0.3) is 0 Å². The van der Waals surface area contributed by atoms with Crippen LogP contribution >= 0.6 is 0 Å². The normalized spacial score (nSPS) is 17.6. The molecule has 1 aromatic carbocycles. The Balaban J connectivity index is 2.11. The number of aryl methyl sites for hydroxylation is 1. The molecular formula is C16H25N3O. The molecule has 110 valence electrons. The fourth-order valence-electron chi connectivity index (χ4n) is 2.55. The maximum Gasteiger partial charge on any atom is 0.230 e. The molecule has 0 aromatic heterocycles. The largest absolute Gasteiger partial charge is 0.378 e. The third-order valence-corrected chi connectivity index (χ3v) is 4.23. The molecule has 1 aromatic rings. The number of piperidine rings is 1. The second-order valence-corrected chi connectivity index (χ2v) is 6.16. The van der Waals surface area contributed by atoms with E-state index in [4.69, 9.17) is 0 Å². The van der Waals surface area contributed by atoms with Crippen molar-refractivity contribution in [1.29, 1.82) is 0 Å². The summed E-state index contributed by atoms with van der Waals surface area (Å²) < 4.78 is 0. The Morgan fingerprint density at radius 3 is 2.50 bits per heavy atom. The van der Waals surface area contributed by atoms with Crippen molar-refractivity contribution in [2.24, 2.45) is 5.41 Å². The summed E-state index contributed by atoms with van der Waals surface area (Å²) in [5.41, 5.74) is 2.91. The zero-order valence-corrected chi connectivity index (χ0v) is 12.9. The van der Waals surface area contributed by atoms with Gasteiger partial charge in [-0.15, -0.1) is 0 Å². The van der Waals surface area contributed by atoms with Crippen molar-refractivity contribution in [3.63, 3.8) is 0 Å². The topological polar surface area (TPSA) is 44.4 Å². The molecule has 0 atom stereocenters. The third kappa shape index (κ3) is 3.12. The van der Waals surface area contributed by atoms with Crippen LogP contribution in [-0.2, 0) is 4.79 Å². The lowest BCUT2D eigenvalue weighted by Crippen LogP contribution is -2.42. The van der Waals surface area contributed by atoms with E-state index in [0.717, 1.165) is 42.9 Å². The van der Waals surface area contributed by atoms with Gasteiger partial charge in [0.15, 0.2) is 0 Å². The Labute approximate surface area is 121 Å². The third-order valence-electron chi connectivity index (χ3n) is 4.23. The van der Waals surface area contributed by atoms with Crippen LogP contribution in [0.3, 0.4) is 0 Å². The molecule has 2 rings (SSSR count). The van der Waals surface area contributed by atoms with Crippen molar-refractivity contribution in [2.45, 2.75) is 26.7 Å². The summed E-state index contributed by atoms with van der Waals surface area (Å²) in [6.07, 6.45) is 1.79. The van der Waals surface area contributed by atoms with Crippen LogP contribution in [-0.4, -0.2) is 33.1 Å². The fraction of sp³-hybridized carbons (Fsp3) is 0.562. The van der Waals surface area contributed by atoms with Gasteiger partial charge in [-0.05, 0) is 56.6 Å². The Morgan fingerprint density at radius 2 is 1.95 bits per heavy atom. The number of amides is 1. The summed E-state index contributed by atoms with van der Waals surface area (Å²) in [4.78, 5) is 14.6. The Kier molecular flexibility index (Phi) is 4.33. The van der Waals surface area contributed by atoms with E-state index in [9.17, 15) is 4.79 Å². The summed E-state index contributed by atoms with van der Waals surface area (Å²) in [6, 6.07) is 6.13. The number of hydrogen-bond donors (Lipinski definition) is 2. The van der Waals surface area contributed by atoms with Gasteiger partial charge in [-0.3, -0.25) is 4.79 Å². The Hall–Kier alpha value is -1.55. The number of nitrogens with zero attached hydrogens (tertiary/aromatic N) is 1. The van der Waals surface area contributed by atoms with Crippen LogP contribution in [0.15, 0.2) is 18.2 Å². The average molecular weight is 275 g/mol. The molecule has 0 bridgehead atoms. The van der Waals surface area contributed by atoms with E-state index in [1.165, 1.54) is 0 Å². The second-order valence-electron chi connectivity index (χ2n) is 6.16. The highest BCUT2D eigenvalue weighted by molar-refractivity contribution is 5.96. The molecular weight excluding hydrogens is 250 g/mol. The van der Waals surface area contributed by atoms with Gasteiger partial charge in [-0.1, -0.05) is 6.92 Å². The molecule has 1 heterocycles. The van der Waals surface area contributed by atoms with E-state index in [2.05, 4.69) is 28.5 Å². The maximum absolute atomic E-state index is 12.5. The number of benzene rings is 1. The van der Waals surface area contributed by atoms with Crippen molar-refractivity contribution in [2.75, 3.05) is 37.4 Å². The van der Waals surface area contributed by atoms with Gasteiger partial charge in [0.05, 0.1) is 0 Å². The summed E-state index contributed by atoms with van der Waals surface area (Å²) in [5, 5.41) is 6.41. The summed E-state index contributed by atoms with van der Waals surface area (Å²) in [7, 11) is 4.03. The molecule has 4 heteroatoms. The van der Waals surface area contributed by atoms with Crippen molar-refractivity contribution in [3.05, 3.63) is 23.8 Å². The molecule has 20 heavy (non-hydrogen) atoms. The quantitative estimate of drug-likeness (QED) is 0.890. The number of rotatable bonds is 3. The number of hydrogen-bond acceptors (Lipinski definition) is 3. The smallest absolute Gasteiger partial charge is 0.230 e. The summed E-state index contributed by atoms with van der Waals surface area (Å²) in [5.74, 6) is 0.139. The number of anilines is 2. The van der Waals surface area contributed by atoms with Crippen molar-refractivity contribution in [1.82, 2.24) is 5.32 Å². The van der Waals surface area contributed by atoms with Crippen LogP contribution in [0.25, 0.3) is 0 Å². The Morgan fingerprint density at radius 1 is 1.30 bits per heavy atom. The van der Waals surface area contributed by atoms with E-state index in [1.54, 1.807) is 0 Å². The predicted molar refractivity (Wildman–Crippen MR) is 84.3 cm³/mol. The molecule has 0 aliphatic carbocycles. The SMILES string of the molecule is Cc1cc(N(C)C)ccc1NC(=O)C1(C)CCNCC1. The molecule has 1 amide bonds.